The van der Waals surface area contributed by atoms with Gasteiger partial charge in [-0.05, 0) is 66.3 Å². The van der Waals surface area contributed by atoms with Crippen molar-refractivity contribution in [3.63, 3.8) is 0 Å². The van der Waals surface area contributed by atoms with Crippen LogP contribution in [0.4, 0.5) is 17.6 Å². The largest absolute Gasteiger partial charge is 0.417 e. The van der Waals surface area contributed by atoms with Crippen LogP contribution in [0.2, 0.25) is 0 Å². The second-order valence-electron chi connectivity index (χ2n) is 8.92. The highest BCUT2D eigenvalue weighted by Crippen LogP contribution is 2.38. The number of benzene rings is 2. The minimum absolute atomic E-state index is 0.172. The molecule has 34 heavy (non-hydrogen) atoms. The van der Waals surface area contributed by atoms with Crippen molar-refractivity contribution in [1.82, 2.24) is 5.32 Å². The Morgan fingerprint density at radius 3 is 2.35 bits per heavy atom. The van der Waals surface area contributed by atoms with Crippen molar-refractivity contribution in [1.29, 1.82) is 0 Å². The molecule has 0 aliphatic heterocycles. The van der Waals surface area contributed by atoms with E-state index in [-0.39, 0.29) is 35.3 Å². The molecule has 4 nitrogen and oxygen atoms in total. The molecule has 0 radical (unpaired) electrons. The summed E-state index contributed by atoms with van der Waals surface area (Å²) in [5.74, 6) is 0.282. The molecule has 0 spiro atoms. The Balaban J connectivity index is 1.87. The van der Waals surface area contributed by atoms with E-state index in [1.54, 1.807) is 24.3 Å². The van der Waals surface area contributed by atoms with Gasteiger partial charge in [0, 0.05) is 11.4 Å². The lowest BCUT2D eigenvalue weighted by molar-refractivity contribution is -0.139. The van der Waals surface area contributed by atoms with Crippen molar-refractivity contribution < 1.29 is 31.9 Å². The Labute approximate surface area is 202 Å². The van der Waals surface area contributed by atoms with Crippen LogP contribution in [-0.2, 0) is 22.7 Å². The molecule has 190 valence electrons. The monoisotopic (exact) mass is 521 g/mol. The van der Waals surface area contributed by atoms with Gasteiger partial charge < -0.3 is 15.1 Å². The molecule has 10 heteroatoms. The van der Waals surface area contributed by atoms with E-state index in [1.807, 2.05) is 13.8 Å². The Morgan fingerprint density at radius 1 is 1.00 bits per heavy atom. The number of rotatable bonds is 13. The van der Waals surface area contributed by atoms with Crippen LogP contribution in [0.25, 0.3) is 0 Å². The second-order valence-corrected chi connectivity index (χ2v) is 11.8. The fourth-order valence-electron chi connectivity index (χ4n) is 3.67. The van der Waals surface area contributed by atoms with Gasteiger partial charge in [-0.1, -0.05) is 44.5 Å². The summed E-state index contributed by atoms with van der Waals surface area (Å²) in [6.07, 6.45) is -2.30. The maximum Gasteiger partial charge on any atom is 0.417 e. The lowest BCUT2D eigenvalue weighted by atomic mass is 9.80. The summed E-state index contributed by atoms with van der Waals surface area (Å²) in [5.41, 5.74) is 0.0683. The van der Waals surface area contributed by atoms with Crippen LogP contribution >= 0.6 is 19.4 Å². The molecule has 0 atom stereocenters. The number of hydrogen-bond donors (Lipinski definition) is 3. The van der Waals surface area contributed by atoms with Crippen LogP contribution in [0.15, 0.2) is 47.4 Å². The van der Waals surface area contributed by atoms with Crippen molar-refractivity contribution in [2.75, 3.05) is 18.5 Å². The third-order valence-electron chi connectivity index (χ3n) is 5.54. The molecule has 0 unspecified atom stereocenters. The average Bonchev–Trinajstić information content (AvgIpc) is 2.72. The molecule has 2 aromatic rings. The molecule has 0 bridgehead atoms. The van der Waals surface area contributed by atoms with Gasteiger partial charge in [-0.15, -0.1) is 11.8 Å². The molecule has 0 saturated carbocycles. The van der Waals surface area contributed by atoms with E-state index in [0.717, 1.165) is 18.9 Å². The van der Waals surface area contributed by atoms with Crippen molar-refractivity contribution in [3.05, 3.63) is 65.0 Å². The average molecular weight is 522 g/mol. The van der Waals surface area contributed by atoms with Crippen molar-refractivity contribution in [2.24, 2.45) is 0 Å². The Bertz CT molecular complexity index is 979. The quantitative estimate of drug-likeness (QED) is 0.118. The Morgan fingerprint density at radius 2 is 1.71 bits per heavy atom. The highest BCUT2D eigenvalue weighted by molar-refractivity contribution is 7.99. The summed E-state index contributed by atoms with van der Waals surface area (Å²) in [6, 6.07) is 10.9. The van der Waals surface area contributed by atoms with Crippen molar-refractivity contribution in [3.8, 4) is 0 Å². The number of hydrogen-bond acceptors (Lipinski definition) is 3. The molecular formula is C24H32F4NO3PS. The molecule has 0 saturated heterocycles. The summed E-state index contributed by atoms with van der Waals surface area (Å²) in [6.45, 7) is 4.42. The molecule has 3 N–H and O–H groups in total. The smallest absolute Gasteiger partial charge is 0.324 e. The molecular weight excluding hydrogens is 489 g/mol. The maximum absolute atomic E-state index is 14.1. The summed E-state index contributed by atoms with van der Waals surface area (Å²) in [5, 5.41) is 2.92. The first-order valence-electron chi connectivity index (χ1n) is 11.1. The minimum Gasteiger partial charge on any atom is -0.324 e. The zero-order chi connectivity index (χ0) is 25.4. The first-order valence-corrected chi connectivity index (χ1v) is 13.9. The molecule has 2 rings (SSSR count). The molecule has 2 aromatic carbocycles. The maximum atomic E-state index is 14.1. The SMILES string of the molecule is CC(C)(CCCCSc1ccc(CNCCCP(=O)(O)O)cc1C(F)(F)F)c1ccccc1F. The predicted octanol–water partition coefficient (Wildman–Crippen LogP) is 6.74. The van der Waals surface area contributed by atoms with E-state index in [9.17, 15) is 22.1 Å². The third kappa shape index (κ3) is 9.70. The van der Waals surface area contributed by atoms with Crippen LogP contribution in [0.5, 0.6) is 0 Å². The molecule has 0 aliphatic carbocycles. The summed E-state index contributed by atoms with van der Waals surface area (Å²) < 4.78 is 65.7. The van der Waals surface area contributed by atoms with Crippen LogP contribution in [0, 0.1) is 5.82 Å². The highest BCUT2D eigenvalue weighted by Gasteiger charge is 2.33. The summed E-state index contributed by atoms with van der Waals surface area (Å²) >= 11 is 1.17. The van der Waals surface area contributed by atoms with Gasteiger partial charge in [0.2, 0.25) is 0 Å². The normalized spacial score (nSPS) is 12.8. The van der Waals surface area contributed by atoms with Gasteiger partial charge in [0.1, 0.15) is 5.82 Å². The second kappa shape index (κ2) is 12.5. The van der Waals surface area contributed by atoms with E-state index in [2.05, 4.69) is 5.32 Å². The summed E-state index contributed by atoms with van der Waals surface area (Å²) in [7, 11) is -4.07. The van der Waals surface area contributed by atoms with Crippen LogP contribution in [0.1, 0.15) is 56.2 Å². The molecule has 0 fully saturated rings. The molecule has 0 aromatic heterocycles. The number of thioether (sulfide) groups is 1. The number of nitrogens with one attached hydrogen (secondary N) is 1. The third-order valence-corrected chi connectivity index (χ3v) is 7.60. The zero-order valence-corrected chi connectivity index (χ0v) is 21.1. The van der Waals surface area contributed by atoms with Crippen LogP contribution < -0.4 is 5.32 Å². The van der Waals surface area contributed by atoms with Gasteiger partial charge >= 0.3 is 13.8 Å². The van der Waals surface area contributed by atoms with Crippen molar-refractivity contribution >= 4 is 19.4 Å². The first-order chi connectivity index (χ1) is 15.8. The van der Waals surface area contributed by atoms with Crippen LogP contribution in [0.3, 0.4) is 0 Å². The van der Waals surface area contributed by atoms with E-state index in [4.69, 9.17) is 9.79 Å². The zero-order valence-electron chi connectivity index (χ0n) is 19.4. The van der Waals surface area contributed by atoms with Gasteiger partial charge in [-0.2, -0.15) is 13.2 Å². The Kier molecular flexibility index (Phi) is 10.6. The Hall–Kier alpha value is -1.38. The fourth-order valence-corrected chi connectivity index (χ4v) is 5.31. The van der Waals surface area contributed by atoms with Crippen LogP contribution in [-0.4, -0.2) is 28.2 Å². The van der Waals surface area contributed by atoms with Gasteiger partial charge in [0.05, 0.1) is 11.7 Å². The number of halogens is 4. The van der Waals surface area contributed by atoms with E-state index < -0.39 is 19.3 Å². The van der Waals surface area contributed by atoms with Crippen molar-refractivity contribution in [2.45, 2.75) is 62.6 Å². The summed E-state index contributed by atoms with van der Waals surface area (Å²) in [4.78, 5) is 17.8. The van der Waals surface area contributed by atoms with Gasteiger partial charge in [0.15, 0.2) is 0 Å². The minimum atomic E-state index is -4.48. The highest BCUT2D eigenvalue weighted by atomic mass is 32.2. The fraction of sp³-hybridized carbons (Fsp3) is 0.500. The van der Waals surface area contributed by atoms with E-state index >= 15 is 0 Å². The number of unbranched alkanes of at least 4 members (excludes halogenated alkanes) is 1. The first kappa shape index (κ1) is 28.9. The number of alkyl halides is 3. The lowest BCUT2D eigenvalue weighted by Crippen LogP contribution is -2.18. The van der Waals surface area contributed by atoms with E-state index in [1.165, 1.54) is 23.9 Å². The molecule has 0 heterocycles. The van der Waals surface area contributed by atoms with E-state index in [0.29, 0.717) is 29.8 Å². The van der Waals surface area contributed by atoms with Gasteiger partial charge in [-0.3, -0.25) is 4.57 Å². The predicted molar refractivity (Wildman–Crippen MR) is 129 cm³/mol. The molecule has 0 amide bonds. The topological polar surface area (TPSA) is 69.6 Å². The lowest BCUT2D eigenvalue weighted by Gasteiger charge is -2.25. The molecule has 0 aliphatic rings. The van der Waals surface area contributed by atoms with Gasteiger partial charge in [-0.25, -0.2) is 4.39 Å². The standard InChI is InChI=1S/C24H32F4NO3PS/c1-23(2,19-8-3-4-9-21(19)25)12-5-6-15-34-22-11-10-18(16-20(22)24(26,27)28)17-29-13-7-14-33(30,31)32/h3-4,8-11,16,29H,5-7,12-15,17H2,1-2H3,(H2,30,31,32). The van der Waals surface area contributed by atoms with Gasteiger partial charge in [0.25, 0.3) is 0 Å².